The van der Waals surface area contributed by atoms with Gasteiger partial charge in [0.1, 0.15) is 5.56 Å². The van der Waals surface area contributed by atoms with Crippen LogP contribution < -0.4 is 4.90 Å². The van der Waals surface area contributed by atoms with Crippen molar-refractivity contribution in [2.45, 2.75) is 41.0 Å². The van der Waals surface area contributed by atoms with E-state index in [1.165, 1.54) is 11.3 Å². The maximum absolute atomic E-state index is 12.3. The number of carbonyl (C=O) groups excluding carboxylic acids is 1. The monoisotopic (exact) mass is 398 g/mol. The van der Waals surface area contributed by atoms with Crippen LogP contribution in [0.25, 0.3) is 0 Å². The first-order valence-corrected chi connectivity index (χ1v) is 10.2. The second-order valence-corrected chi connectivity index (χ2v) is 7.55. The molecule has 28 heavy (non-hydrogen) atoms. The summed E-state index contributed by atoms with van der Waals surface area (Å²) < 4.78 is 5.16. The van der Waals surface area contributed by atoms with Crippen LogP contribution in [0.2, 0.25) is 0 Å². The van der Waals surface area contributed by atoms with Gasteiger partial charge in [0.2, 0.25) is 0 Å². The van der Waals surface area contributed by atoms with Crippen molar-refractivity contribution in [2.75, 3.05) is 24.6 Å². The quantitative estimate of drug-likeness (QED) is 0.403. The summed E-state index contributed by atoms with van der Waals surface area (Å²) >= 11 is 1.44. The van der Waals surface area contributed by atoms with Crippen molar-refractivity contribution < 1.29 is 9.53 Å². The molecule has 0 atom stereocenters. The summed E-state index contributed by atoms with van der Waals surface area (Å²) in [6.45, 7) is 11.5. The molecule has 1 aromatic carbocycles. The van der Waals surface area contributed by atoms with Crippen molar-refractivity contribution in [3.05, 3.63) is 39.8 Å². The average Bonchev–Trinajstić information content (AvgIpc) is 2.95. The highest BCUT2D eigenvalue weighted by Gasteiger charge is 2.20. The van der Waals surface area contributed by atoms with Gasteiger partial charge in [-0.3, -0.25) is 0 Å². The molecule has 1 heterocycles. The van der Waals surface area contributed by atoms with E-state index in [0.29, 0.717) is 30.1 Å². The zero-order valence-corrected chi connectivity index (χ0v) is 17.9. The largest absolute Gasteiger partial charge is 0.462 e. The van der Waals surface area contributed by atoms with Gasteiger partial charge in [-0.1, -0.05) is 0 Å². The molecule has 0 N–H and O–H groups in total. The number of ether oxygens (including phenoxy) is 1. The number of anilines is 1. The second-order valence-electron chi connectivity index (χ2n) is 6.34. The fourth-order valence-corrected chi connectivity index (χ4v) is 3.79. The Bertz CT molecular complexity index is 912. The first-order valence-electron chi connectivity index (χ1n) is 9.34. The number of thiophene rings is 1. The van der Waals surface area contributed by atoms with Gasteiger partial charge in [0.15, 0.2) is 5.00 Å². The van der Waals surface area contributed by atoms with Gasteiger partial charge < -0.3 is 9.64 Å². The molecule has 148 valence electrons. The number of esters is 1. The van der Waals surface area contributed by atoms with Crippen LogP contribution in [-0.4, -0.2) is 25.7 Å². The zero-order valence-electron chi connectivity index (χ0n) is 17.1. The molecule has 0 aliphatic heterocycles. The Kier molecular flexibility index (Phi) is 7.70. The molecule has 0 aliphatic rings. The van der Waals surface area contributed by atoms with Gasteiger partial charge in [0.25, 0.3) is 0 Å². The summed E-state index contributed by atoms with van der Waals surface area (Å²) in [6, 6.07) is 8.14. The van der Waals surface area contributed by atoms with E-state index in [4.69, 9.17) is 10.00 Å². The fourth-order valence-electron chi connectivity index (χ4n) is 2.83. The number of benzene rings is 1. The molecular formula is C21H26N4O2S. The molecule has 2 rings (SSSR count). The van der Waals surface area contributed by atoms with Crippen LogP contribution in [0.3, 0.4) is 0 Å². The maximum Gasteiger partial charge on any atom is 0.341 e. The van der Waals surface area contributed by atoms with E-state index in [1.807, 2.05) is 39.0 Å². The SMILES string of the molecule is CCOC(=O)c1c(N=Nc2ccc(N(CC)CCC#N)cc2C)sc(C)c1C. The van der Waals surface area contributed by atoms with Crippen molar-refractivity contribution >= 4 is 33.7 Å². The third kappa shape index (κ3) is 4.96. The number of hydrogen-bond donors (Lipinski definition) is 0. The predicted molar refractivity (Wildman–Crippen MR) is 113 cm³/mol. The van der Waals surface area contributed by atoms with Crippen molar-refractivity contribution in [1.82, 2.24) is 0 Å². The lowest BCUT2D eigenvalue weighted by Gasteiger charge is -2.22. The molecule has 0 bridgehead atoms. The van der Waals surface area contributed by atoms with E-state index in [-0.39, 0.29) is 5.97 Å². The summed E-state index contributed by atoms with van der Waals surface area (Å²) in [5.74, 6) is -0.360. The number of hydrogen-bond acceptors (Lipinski definition) is 7. The molecule has 7 heteroatoms. The lowest BCUT2D eigenvalue weighted by Crippen LogP contribution is -2.23. The summed E-state index contributed by atoms with van der Waals surface area (Å²) in [5.41, 5.74) is 4.18. The minimum Gasteiger partial charge on any atom is -0.462 e. The Morgan fingerprint density at radius 2 is 2.00 bits per heavy atom. The van der Waals surface area contributed by atoms with Crippen molar-refractivity contribution in [1.29, 1.82) is 5.26 Å². The summed E-state index contributed by atoms with van der Waals surface area (Å²) in [5, 5.41) is 18.1. The first-order chi connectivity index (χ1) is 13.4. The van der Waals surface area contributed by atoms with Crippen LogP contribution >= 0.6 is 11.3 Å². The average molecular weight is 399 g/mol. The highest BCUT2D eigenvalue weighted by atomic mass is 32.1. The predicted octanol–water partition coefficient (Wildman–Crippen LogP) is 6.01. The number of aryl methyl sites for hydroxylation is 2. The lowest BCUT2D eigenvalue weighted by molar-refractivity contribution is 0.0527. The minimum atomic E-state index is -0.360. The lowest BCUT2D eigenvalue weighted by atomic mass is 10.1. The molecule has 2 aromatic rings. The van der Waals surface area contributed by atoms with Crippen molar-refractivity contribution in [3.8, 4) is 6.07 Å². The Labute approximate surface area is 170 Å². The van der Waals surface area contributed by atoms with Gasteiger partial charge in [-0.05, 0) is 63.9 Å². The first kappa shape index (κ1) is 21.6. The number of nitrogens with zero attached hydrogens (tertiary/aromatic N) is 4. The molecule has 0 saturated carbocycles. The smallest absolute Gasteiger partial charge is 0.341 e. The van der Waals surface area contributed by atoms with E-state index in [9.17, 15) is 4.79 Å². The van der Waals surface area contributed by atoms with Gasteiger partial charge in [-0.2, -0.15) is 5.26 Å². The van der Waals surface area contributed by atoms with Gasteiger partial charge in [0, 0.05) is 23.7 Å². The number of azo groups is 1. The molecule has 6 nitrogen and oxygen atoms in total. The van der Waals surface area contributed by atoms with Crippen LogP contribution in [0, 0.1) is 32.1 Å². The highest BCUT2D eigenvalue weighted by Crippen LogP contribution is 2.37. The van der Waals surface area contributed by atoms with E-state index in [2.05, 4.69) is 28.1 Å². The Morgan fingerprint density at radius 3 is 2.61 bits per heavy atom. The molecule has 0 spiro atoms. The molecule has 0 aliphatic carbocycles. The normalized spacial score (nSPS) is 10.9. The van der Waals surface area contributed by atoms with E-state index in [0.717, 1.165) is 33.9 Å². The van der Waals surface area contributed by atoms with E-state index >= 15 is 0 Å². The molecule has 1 aromatic heterocycles. The van der Waals surface area contributed by atoms with Crippen LogP contribution in [0.15, 0.2) is 28.4 Å². The Hall–Kier alpha value is -2.72. The standard InChI is InChI=1S/C21H26N4O2S/c1-6-25(12-8-11-22)17-9-10-18(14(3)13-17)23-24-20-19(21(26)27-7-2)15(4)16(5)28-20/h9-10,13H,6-8,12H2,1-5H3. The fraction of sp³-hybridized carbons (Fsp3) is 0.429. The number of carbonyl (C=O) groups is 1. The summed E-state index contributed by atoms with van der Waals surface area (Å²) in [4.78, 5) is 15.5. The maximum atomic E-state index is 12.3. The highest BCUT2D eigenvalue weighted by molar-refractivity contribution is 7.16. The molecule has 0 radical (unpaired) electrons. The van der Waals surface area contributed by atoms with Gasteiger partial charge in [-0.15, -0.1) is 21.6 Å². The topological polar surface area (TPSA) is 78.0 Å². The van der Waals surface area contributed by atoms with Crippen molar-refractivity contribution in [3.63, 3.8) is 0 Å². The van der Waals surface area contributed by atoms with Crippen LogP contribution in [0.1, 0.15) is 46.6 Å². The molecular weight excluding hydrogens is 372 g/mol. The Balaban J connectivity index is 2.29. The second kappa shape index (κ2) is 10.00. The minimum absolute atomic E-state index is 0.323. The zero-order chi connectivity index (χ0) is 20.7. The van der Waals surface area contributed by atoms with Crippen LogP contribution in [0.4, 0.5) is 16.4 Å². The number of nitriles is 1. The summed E-state index contributed by atoms with van der Waals surface area (Å²) in [7, 11) is 0. The summed E-state index contributed by atoms with van der Waals surface area (Å²) in [6.07, 6.45) is 0.488. The van der Waals surface area contributed by atoms with Gasteiger partial charge in [0.05, 0.1) is 24.8 Å². The van der Waals surface area contributed by atoms with E-state index in [1.54, 1.807) is 6.92 Å². The van der Waals surface area contributed by atoms with Gasteiger partial charge in [-0.25, -0.2) is 4.79 Å². The third-order valence-corrected chi connectivity index (χ3v) is 5.61. The molecule has 0 fully saturated rings. The van der Waals surface area contributed by atoms with Crippen LogP contribution in [0.5, 0.6) is 0 Å². The van der Waals surface area contributed by atoms with Crippen molar-refractivity contribution in [2.24, 2.45) is 10.2 Å². The van der Waals surface area contributed by atoms with Gasteiger partial charge >= 0.3 is 5.97 Å². The van der Waals surface area contributed by atoms with E-state index < -0.39 is 0 Å². The molecule has 0 saturated heterocycles. The third-order valence-electron chi connectivity index (χ3n) is 4.52. The number of rotatable bonds is 8. The molecule has 0 unspecified atom stereocenters. The Morgan fingerprint density at radius 1 is 1.25 bits per heavy atom. The molecule has 0 amide bonds. The van der Waals surface area contributed by atoms with Crippen LogP contribution in [-0.2, 0) is 4.74 Å².